The minimum Gasteiger partial charge on any atom is -0.280 e. The fourth-order valence-corrected chi connectivity index (χ4v) is 4.43. The van der Waals surface area contributed by atoms with E-state index in [1.807, 2.05) is 0 Å². The monoisotopic (exact) mass is 501 g/mol. The first kappa shape index (κ1) is 16.3. The van der Waals surface area contributed by atoms with Gasteiger partial charge in [0.15, 0.2) is 0 Å². The van der Waals surface area contributed by atoms with E-state index >= 15 is 0 Å². The van der Waals surface area contributed by atoms with E-state index in [-0.39, 0.29) is 4.90 Å². The second-order valence-corrected chi connectivity index (χ2v) is 8.49. The number of hydrogen-bond donors (Lipinski definition) is 1. The van der Waals surface area contributed by atoms with Gasteiger partial charge < -0.3 is 0 Å². The third-order valence-corrected chi connectivity index (χ3v) is 6.46. The van der Waals surface area contributed by atoms with Crippen molar-refractivity contribution >= 4 is 75.1 Å². The summed E-state index contributed by atoms with van der Waals surface area (Å²) in [7, 11) is -3.70. The summed E-state index contributed by atoms with van der Waals surface area (Å²) in [5, 5.41) is 0.429. The Morgan fingerprint density at radius 2 is 1.60 bits per heavy atom. The number of hydrogen-bond acceptors (Lipinski definition) is 2. The van der Waals surface area contributed by atoms with Gasteiger partial charge in [-0.1, -0.05) is 27.5 Å². The Balaban J connectivity index is 2.40. The van der Waals surface area contributed by atoms with Gasteiger partial charge in [-0.25, -0.2) is 8.42 Å². The van der Waals surface area contributed by atoms with E-state index in [1.54, 1.807) is 24.3 Å². The average molecular weight is 504 g/mol. The highest BCUT2D eigenvalue weighted by Crippen LogP contribution is 2.30. The molecule has 0 bridgehead atoms. The van der Waals surface area contributed by atoms with Crippen LogP contribution in [0.15, 0.2) is 54.7 Å². The third-order valence-electron chi connectivity index (χ3n) is 2.35. The highest BCUT2D eigenvalue weighted by molar-refractivity contribution is 9.11. The molecule has 106 valence electrons. The highest BCUT2D eigenvalue weighted by atomic mass is 79.9. The van der Waals surface area contributed by atoms with Gasteiger partial charge in [0.05, 0.1) is 10.7 Å². The number of nitrogens with one attached hydrogen (secondary N) is 1. The molecule has 0 aliphatic heterocycles. The van der Waals surface area contributed by atoms with Gasteiger partial charge in [0.2, 0.25) is 0 Å². The fourth-order valence-electron chi connectivity index (χ4n) is 1.45. The van der Waals surface area contributed by atoms with E-state index in [2.05, 4.69) is 52.5 Å². The quantitative estimate of drug-likeness (QED) is 0.606. The van der Waals surface area contributed by atoms with Crippen molar-refractivity contribution < 1.29 is 8.42 Å². The van der Waals surface area contributed by atoms with Gasteiger partial charge in [0.1, 0.15) is 4.90 Å². The highest BCUT2D eigenvalue weighted by Gasteiger charge is 2.18. The van der Waals surface area contributed by atoms with Crippen molar-refractivity contribution in [3.8, 4) is 0 Å². The topological polar surface area (TPSA) is 46.2 Å². The molecule has 0 aliphatic carbocycles. The maximum atomic E-state index is 12.4. The molecule has 0 saturated carbocycles. The molecule has 0 amide bonds. The molecule has 3 nitrogen and oxygen atoms in total. The molecule has 2 aromatic rings. The van der Waals surface area contributed by atoms with Gasteiger partial charge in [-0.05, 0) is 68.3 Å². The first-order valence-electron chi connectivity index (χ1n) is 5.22. The van der Waals surface area contributed by atoms with Crippen molar-refractivity contribution in [2.75, 3.05) is 4.72 Å². The predicted molar refractivity (Wildman–Crippen MR) is 91.8 cm³/mol. The SMILES string of the molecule is O=S(=O)(Nc1ccc(Br)c(Cl)c1)c1cc(Br)ccc1Br. The zero-order valence-electron chi connectivity index (χ0n) is 9.70. The number of sulfonamides is 1. The number of benzene rings is 2. The molecule has 0 fully saturated rings. The van der Waals surface area contributed by atoms with Crippen LogP contribution < -0.4 is 4.72 Å². The molecule has 2 aromatic carbocycles. The predicted octanol–water partition coefficient (Wildman–Crippen LogP) is 5.43. The van der Waals surface area contributed by atoms with E-state index < -0.39 is 10.0 Å². The molecule has 0 spiro atoms. The fraction of sp³-hybridized carbons (Fsp3) is 0. The van der Waals surface area contributed by atoms with Gasteiger partial charge >= 0.3 is 0 Å². The second-order valence-electron chi connectivity index (χ2n) is 3.81. The number of rotatable bonds is 3. The van der Waals surface area contributed by atoms with Crippen molar-refractivity contribution in [1.29, 1.82) is 0 Å². The molecule has 2 rings (SSSR count). The van der Waals surface area contributed by atoms with Crippen LogP contribution >= 0.6 is 59.4 Å². The molecule has 0 saturated heterocycles. The maximum absolute atomic E-state index is 12.4. The van der Waals surface area contributed by atoms with Crippen molar-refractivity contribution in [1.82, 2.24) is 0 Å². The van der Waals surface area contributed by atoms with E-state index in [0.717, 1.165) is 0 Å². The average Bonchev–Trinajstić information content (AvgIpc) is 2.36. The van der Waals surface area contributed by atoms with E-state index in [9.17, 15) is 8.42 Å². The summed E-state index contributed by atoms with van der Waals surface area (Å²) in [6, 6.07) is 9.77. The lowest BCUT2D eigenvalue weighted by molar-refractivity contribution is 0.600. The summed E-state index contributed by atoms with van der Waals surface area (Å²) in [6.45, 7) is 0. The Labute approximate surface area is 147 Å². The van der Waals surface area contributed by atoms with Crippen LogP contribution in [0.5, 0.6) is 0 Å². The van der Waals surface area contributed by atoms with Crippen molar-refractivity contribution in [3.63, 3.8) is 0 Å². The number of halogens is 4. The molecule has 0 radical (unpaired) electrons. The van der Waals surface area contributed by atoms with E-state index in [0.29, 0.717) is 24.1 Å². The minimum atomic E-state index is -3.70. The molecule has 20 heavy (non-hydrogen) atoms. The largest absolute Gasteiger partial charge is 0.280 e. The van der Waals surface area contributed by atoms with Crippen molar-refractivity contribution in [2.24, 2.45) is 0 Å². The second kappa shape index (κ2) is 6.36. The van der Waals surface area contributed by atoms with Crippen LogP contribution in [0.4, 0.5) is 5.69 Å². The summed E-state index contributed by atoms with van der Waals surface area (Å²) in [4.78, 5) is 0.144. The molecule has 0 heterocycles. The molecular weight excluding hydrogens is 497 g/mol. The zero-order valence-corrected chi connectivity index (χ0v) is 16.0. The Hall–Kier alpha value is -0.0800. The lowest BCUT2D eigenvalue weighted by atomic mass is 10.3. The molecule has 0 aromatic heterocycles. The Bertz CT molecular complexity index is 765. The Morgan fingerprint density at radius 3 is 2.25 bits per heavy atom. The van der Waals surface area contributed by atoms with E-state index in [4.69, 9.17) is 11.6 Å². The third kappa shape index (κ3) is 3.76. The molecule has 0 unspecified atom stereocenters. The van der Waals surface area contributed by atoms with Crippen LogP contribution in [0.3, 0.4) is 0 Å². The van der Waals surface area contributed by atoms with Crippen LogP contribution in [-0.2, 0) is 10.0 Å². The van der Waals surface area contributed by atoms with Crippen LogP contribution in [0.2, 0.25) is 5.02 Å². The van der Waals surface area contributed by atoms with Gasteiger partial charge in [-0.3, -0.25) is 4.72 Å². The number of anilines is 1. The summed E-state index contributed by atoms with van der Waals surface area (Å²) >= 11 is 15.7. The van der Waals surface area contributed by atoms with Gasteiger partial charge in [0.25, 0.3) is 10.0 Å². The Morgan fingerprint density at radius 1 is 0.950 bits per heavy atom. The van der Waals surface area contributed by atoms with Crippen molar-refractivity contribution in [2.45, 2.75) is 4.90 Å². The summed E-state index contributed by atoms with van der Waals surface area (Å²) in [6.07, 6.45) is 0. The summed E-state index contributed by atoms with van der Waals surface area (Å²) < 4.78 is 29.1. The van der Waals surface area contributed by atoms with E-state index in [1.165, 1.54) is 12.1 Å². The van der Waals surface area contributed by atoms with Gasteiger partial charge in [0, 0.05) is 13.4 Å². The molecular formula is C12H7Br3ClNO2S. The molecule has 8 heteroatoms. The first-order chi connectivity index (χ1) is 9.29. The zero-order chi connectivity index (χ0) is 14.9. The maximum Gasteiger partial charge on any atom is 0.263 e. The van der Waals surface area contributed by atoms with Crippen molar-refractivity contribution in [3.05, 3.63) is 54.8 Å². The molecule has 0 aliphatic rings. The Kier molecular flexibility index (Phi) is 5.18. The normalized spacial score (nSPS) is 11.4. The van der Waals surface area contributed by atoms with Gasteiger partial charge in [-0.15, -0.1) is 0 Å². The van der Waals surface area contributed by atoms with Gasteiger partial charge in [-0.2, -0.15) is 0 Å². The standard InChI is InChI=1S/C12H7Br3ClNO2S/c13-7-1-3-10(15)12(5-7)20(18,19)17-8-2-4-9(14)11(16)6-8/h1-6,17H. The van der Waals surface area contributed by atoms with Crippen LogP contribution in [0, 0.1) is 0 Å². The lowest BCUT2D eigenvalue weighted by Gasteiger charge is -2.10. The smallest absolute Gasteiger partial charge is 0.263 e. The molecule has 0 atom stereocenters. The molecule has 1 N–H and O–H groups in total. The summed E-state index contributed by atoms with van der Waals surface area (Å²) in [5.41, 5.74) is 0.394. The summed E-state index contributed by atoms with van der Waals surface area (Å²) in [5.74, 6) is 0. The van der Waals surface area contributed by atoms with Crippen LogP contribution in [-0.4, -0.2) is 8.42 Å². The minimum absolute atomic E-state index is 0.144. The first-order valence-corrected chi connectivity index (χ1v) is 9.46. The van der Waals surface area contributed by atoms with Crippen LogP contribution in [0.25, 0.3) is 0 Å². The van der Waals surface area contributed by atoms with Crippen LogP contribution in [0.1, 0.15) is 0 Å². The lowest BCUT2D eigenvalue weighted by Crippen LogP contribution is -2.13.